The smallest absolute Gasteiger partial charge is 0.387 e. The third-order valence-corrected chi connectivity index (χ3v) is 6.25. The Balaban J connectivity index is 1.51. The molecule has 9 nitrogen and oxygen atoms in total. The highest BCUT2D eigenvalue weighted by Gasteiger charge is 2.49. The molecular formula is C27H30O9S. The molecule has 0 unspecified atom stereocenters. The van der Waals surface area contributed by atoms with Crippen molar-refractivity contribution < 1.29 is 41.2 Å². The zero-order valence-corrected chi connectivity index (χ0v) is 20.9. The van der Waals surface area contributed by atoms with Gasteiger partial charge in [-0.3, -0.25) is 4.55 Å². The van der Waals surface area contributed by atoms with Crippen molar-refractivity contribution in [2.45, 2.75) is 50.5 Å². The first-order valence-corrected chi connectivity index (χ1v) is 13.2. The zero-order chi connectivity index (χ0) is 26.1. The van der Waals surface area contributed by atoms with Crippen molar-refractivity contribution in [2.24, 2.45) is 0 Å². The molecule has 37 heavy (non-hydrogen) atoms. The van der Waals surface area contributed by atoms with Crippen LogP contribution in [0.3, 0.4) is 0 Å². The van der Waals surface area contributed by atoms with Crippen LogP contribution in [0.1, 0.15) is 16.7 Å². The summed E-state index contributed by atoms with van der Waals surface area (Å²) in [7, 11) is -4.92. The average Bonchev–Trinajstić information content (AvgIpc) is 2.90. The van der Waals surface area contributed by atoms with E-state index < -0.39 is 41.1 Å². The van der Waals surface area contributed by atoms with Crippen molar-refractivity contribution in [1.82, 2.24) is 0 Å². The van der Waals surface area contributed by atoms with E-state index >= 15 is 0 Å². The minimum atomic E-state index is -4.92. The van der Waals surface area contributed by atoms with Crippen LogP contribution in [0.5, 0.6) is 0 Å². The molecule has 0 spiro atoms. The summed E-state index contributed by atoms with van der Waals surface area (Å²) in [6, 6.07) is 28.0. The van der Waals surface area contributed by atoms with Crippen molar-refractivity contribution >= 4 is 10.4 Å². The fourth-order valence-corrected chi connectivity index (χ4v) is 4.50. The van der Waals surface area contributed by atoms with Crippen molar-refractivity contribution in [1.29, 1.82) is 0 Å². The van der Waals surface area contributed by atoms with Gasteiger partial charge < -0.3 is 24.1 Å². The van der Waals surface area contributed by atoms with Gasteiger partial charge in [0, 0.05) is 0 Å². The van der Waals surface area contributed by atoms with Gasteiger partial charge in [0.05, 0.1) is 26.4 Å². The van der Waals surface area contributed by atoms with Gasteiger partial charge in [0.2, 0.25) is 0 Å². The number of hydrogen-bond donors (Lipinski definition) is 2. The molecule has 1 fully saturated rings. The van der Waals surface area contributed by atoms with E-state index in [1.165, 1.54) is 0 Å². The van der Waals surface area contributed by atoms with Crippen LogP contribution in [-0.2, 0) is 53.4 Å². The Morgan fingerprint density at radius 3 is 1.70 bits per heavy atom. The Morgan fingerprint density at radius 1 is 0.703 bits per heavy atom. The molecule has 198 valence electrons. The summed E-state index contributed by atoms with van der Waals surface area (Å²) in [5, 5.41) is 11.2. The lowest BCUT2D eigenvalue weighted by Gasteiger charge is -2.43. The molecule has 2 N–H and O–H groups in total. The van der Waals surface area contributed by atoms with E-state index in [-0.39, 0.29) is 26.4 Å². The van der Waals surface area contributed by atoms with Crippen LogP contribution in [0.2, 0.25) is 0 Å². The summed E-state index contributed by atoms with van der Waals surface area (Å²) in [5.41, 5.74) is 2.60. The largest absolute Gasteiger partial charge is 0.397 e. The number of benzene rings is 3. The molecule has 0 aliphatic carbocycles. The first-order chi connectivity index (χ1) is 17.9. The third kappa shape index (κ3) is 8.42. The maximum Gasteiger partial charge on any atom is 0.397 e. The van der Waals surface area contributed by atoms with Crippen molar-refractivity contribution in [3.05, 3.63) is 108 Å². The molecule has 0 bridgehead atoms. The van der Waals surface area contributed by atoms with Gasteiger partial charge in [0.1, 0.15) is 24.4 Å². The monoisotopic (exact) mass is 530 g/mol. The normalized spacial score (nSPS) is 24.1. The molecule has 1 heterocycles. The maximum absolute atomic E-state index is 11.6. The number of hydrogen-bond acceptors (Lipinski definition) is 8. The van der Waals surface area contributed by atoms with Gasteiger partial charge in [-0.05, 0) is 16.7 Å². The van der Waals surface area contributed by atoms with E-state index in [1.807, 2.05) is 91.0 Å². The molecule has 3 aromatic carbocycles. The molecule has 4 rings (SSSR count). The minimum Gasteiger partial charge on any atom is -0.387 e. The Kier molecular flexibility index (Phi) is 9.78. The molecule has 0 radical (unpaired) electrons. The molecule has 0 amide bonds. The van der Waals surface area contributed by atoms with Crippen LogP contribution in [0.4, 0.5) is 0 Å². The second-order valence-corrected chi connectivity index (χ2v) is 9.63. The molecule has 10 heteroatoms. The van der Waals surface area contributed by atoms with Gasteiger partial charge in [-0.25, -0.2) is 4.18 Å². The molecular weight excluding hydrogens is 500 g/mol. The van der Waals surface area contributed by atoms with E-state index in [0.717, 1.165) is 16.7 Å². The standard InChI is InChI=1S/C27H30O9S/c28-24-25(36-37(29,30)31)23(19-32-16-20-10-4-1-5-11-20)35-27(34-18-22-14-8-3-9-15-22)26(24)33-17-21-12-6-2-7-13-21/h1-15,23-28H,16-19H2,(H,29,30,31)/t23-,24+,25+,26-,27-/m1/s1. The summed E-state index contributed by atoms with van der Waals surface area (Å²) in [5.74, 6) is 0. The summed E-state index contributed by atoms with van der Waals surface area (Å²) < 4.78 is 61.2. The lowest BCUT2D eigenvalue weighted by molar-refractivity contribution is -0.313. The first-order valence-electron chi connectivity index (χ1n) is 11.8. The van der Waals surface area contributed by atoms with Crippen LogP contribution in [0.25, 0.3) is 0 Å². The van der Waals surface area contributed by atoms with E-state index in [1.54, 1.807) is 0 Å². The predicted molar refractivity (Wildman–Crippen MR) is 133 cm³/mol. The van der Waals surface area contributed by atoms with Crippen LogP contribution in [0.15, 0.2) is 91.0 Å². The topological polar surface area (TPSA) is 121 Å². The first kappa shape index (κ1) is 27.4. The Hall–Kier alpha value is -2.67. The lowest BCUT2D eigenvalue weighted by atomic mass is 9.99. The molecule has 3 aromatic rings. The summed E-state index contributed by atoms with van der Waals surface area (Å²) >= 11 is 0. The van der Waals surface area contributed by atoms with Gasteiger partial charge >= 0.3 is 10.4 Å². The van der Waals surface area contributed by atoms with E-state index in [0.29, 0.717) is 0 Å². The number of aliphatic hydroxyl groups excluding tert-OH is 1. The SMILES string of the molecule is O=S(=O)(O)O[C@@H]1[C@H](O)[C@@H](OCc2ccccc2)[C@H](OCc2ccccc2)O[C@@H]1COCc1ccccc1. The average molecular weight is 531 g/mol. The van der Waals surface area contributed by atoms with Gasteiger partial charge in [-0.2, -0.15) is 8.42 Å². The number of rotatable bonds is 12. The molecule has 1 aliphatic rings. The Bertz CT molecular complexity index is 1170. The fraction of sp³-hybridized carbons (Fsp3) is 0.333. The number of aliphatic hydroxyl groups is 1. The zero-order valence-electron chi connectivity index (χ0n) is 20.0. The van der Waals surface area contributed by atoms with E-state index in [9.17, 15) is 18.1 Å². The highest BCUT2D eigenvalue weighted by atomic mass is 32.3. The van der Waals surface area contributed by atoms with E-state index in [4.69, 9.17) is 23.1 Å². The second-order valence-electron chi connectivity index (χ2n) is 8.58. The summed E-state index contributed by atoms with van der Waals surface area (Å²) in [6.45, 7) is 0.345. The van der Waals surface area contributed by atoms with Crippen LogP contribution >= 0.6 is 0 Å². The molecule has 1 saturated heterocycles. The molecule has 0 aromatic heterocycles. The molecule has 0 saturated carbocycles. The van der Waals surface area contributed by atoms with Crippen LogP contribution in [-0.4, -0.2) is 55.4 Å². The predicted octanol–water partition coefficient (Wildman–Crippen LogP) is 3.28. The third-order valence-electron chi connectivity index (χ3n) is 5.79. The van der Waals surface area contributed by atoms with E-state index in [2.05, 4.69) is 0 Å². The quantitative estimate of drug-likeness (QED) is 0.340. The summed E-state index contributed by atoms with van der Waals surface area (Å²) in [6.07, 6.45) is -6.31. The lowest BCUT2D eigenvalue weighted by Crippen LogP contribution is -2.61. The summed E-state index contributed by atoms with van der Waals surface area (Å²) in [4.78, 5) is 0. The van der Waals surface area contributed by atoms with Crippen molar-refractivity contribution in [3.63, 3.8) is 0 Å². The molecule has 1 aliphatic heterocycles. The van der Waals surface area contributed by atoms with Crippen LogP contribution in [0, 0.1) is 0 Å². The second kappa shape index (κ2) is 13.2. The van der Waals surface area contributed by atoms with Crippen molar-refractivity contribution in [2.75, 3.05) is 6.61 Å². The van der Waals surface area contributed by atoms with Gasteiger partial charge in [0.25, 0.3) is 0 Å². The van der Waals surface area contributed by atoms with Gasteiger partial charge in [-0.15, -0.1) is 0 Å². The highest BCUT2D eigenvalue weighted by Crippen LogP contribution is 2.29. The van der Waals surface area contributed by atoms with Crippen molar-refractivity contribution in [3.8, 4) is 0 Å². The fourth-order valence-electron chi connectivity index (χ4n) is 3.99. The Morgan fingerprint density at radius 2 is 1.19 bits per heavy atom. The highest BCUT2D eigenvalue weighted by molar-refractivity contribution is 7.80. The number of ether oxygens (including phenoxy) is 4. The van der Waals surface area contributed by atoms with Gasteiger partial charge in [0.15, 0.2) is 6.29 Å². The Labute approximate surface area is 216 Å². The van der Waals surface area contributed by atoms with Gasteiger partial charge in [-0.1, -0.05) is 91.0 Å². The van der Waals surface area contributed by atoms with Crippen LogP contribution < -0.4 is 0 Å². The minimum absolute atomic E-state index is 0.102. The molecule has 5 atom stereocenters. The maximum atomic E-state index is 11.6.